The summed E-state index contributed by atoms with van der Waals surface area (Å²) >= 11 is 4.98. The van der Waals surface area contributed by atoms with E-state index < -0.39 is 15.8 Å². The van der Waals surface area contributed by atoms with E-state index in [2.05, 4.69) is 0 Å². The van der Waals surface area contributed by atoms with Crippen LogP contribution in [0.25, 0.3) is 0 Å². The summed E-state index contributed by atoms with van der Waals surface area (Å²) in [6.07, 6.45) is 1.53. The molecule has 1 aliphatic heterocycles. The first-order valence-electron chi connectivity index (χ1n) is 6.79. The summed E-state index contributed by atoms with van der Waals surface area (Å²) in [5, 5.41) is 0. The molecule has 1 heterocycles. The van der Waals surface area contributed by atoms with Gasteiger partial charge in [0.05, 0.1) is 9.88 Å². The van der Waals surface area contributed by atoms with Crippen molar-refractivity contribution in [2.75, 3.05) is 13.1 Å². The minimum Gasteiger partial charge on any atom is -0.393 e. The zero-order valence-electron chi connectivity index (χ0n) is 12.1. The van der Waals surface area contributed by atoms with E-state index in [1.807, 2.05) is 0 Å². The Balaban J connectivity index is 2.41. The van der Waals surface area contributed by atoms with Crippen LogP contribution in [0.1, 0.15) is 24.0 Å². The number of rotatable bonds is 3. The molecule has 0 bridgehead atoms. The largest absolute Gasteiger partial charge is 0.393 e. The van der Waals surface area contributed by atoms with Crippen LogP contribution in [0.5, 0.6) is 0 Å². The molecule has 0 aromatic heterocycles. The smallest absolute Gasteiger partial charge is 0.243 e. The lowest BCUT2D eigenvalue weighted by atomic mass is 10.00. The molecule has 1 saturated heterocycles. The van der Waals surface area contributed by atoms with E-state index in [0.717, 1.165) is 12.8 Å². The van der Waals surface area contributed by atoms with Crippen molar-refractivity contribution in [3.8, 4) is 0 Å². The van der Waals surface area contributed by atoms with Gasteiger partial charge in [-0.1, -0.05) is 12.2 Å². The second-order valence-corrected chi connectivity index (χ2v) is 7.82. The first-order chi connectivity index (χ1) is 9.73. The Hall–Kier alpha value is -1.05. The van der Waals surface area contributed by atoms with Gasteiger partial charge in [-0.05, 0) is 49.9 Å². The second kappa shape index (κ2) is 5.98. The fourth-order valence-corrected chi connectivity index (χ4v) is 4.95. The summed E-state index contributed by atoms with van der Waals surface area (Å²) in [4.78, 5) is 0.537. The number of aryl methyl sites for hydroxylation is 2. The Kier molecular flexibility index (Phi) is 4.65. The molecule has 2 rings (SSSR count). The van der Waals surface area contributed by atoms with E-state index in [-0.39, 0.29) is 10.8 Å². The quantitative estimate of drug-likeness (QED) is 0.863. The van der Waals surface area contributed by atoms with Gasteiger partial charge in [-0.3, -0.25) is 0 Å². The highest BCUT2D eigenvalue weighted by atomic mass is 32.2. The SMILES string of the molecule is Cc1cc(F)cc(C)c1S(=O)(=O)N1CCCC(C(N)=S)C1. The van der Waals surface area contributed by atoms with Gasteiger partial charge >= 0.3 is 0 Å². The molecule has 0 aliphatic carbocycles. The number of hydrogen-bond donors (Lipinski definition) is 1. The first kappa shape index (κ1) is 16.3. The molecular weight excluding hydrogens is 311 g/mol. The molecule has 4 nitrogen and oxygen atoms in total. The van der Waals surface area contributed by atoms with Crippen molar-refractivity contribution in [1.82, 2.24) is 4.31 Å². The average molecular weight is 330 g/mol. The van der Waals surface area contributed by atoms with Crippen molar-refractivity contribution >= 4 is 27.2 Å². The molecule has 1 aromatic rings. The molecule has 1 aliphatic rings. The third-order valence-corrected chi connectivity index (χ3v) is 6.31. The fourth-order valence-electron chi connectivity index (χ4n) is 2.83. The molecule has 0 spiro atoms. The maximum Gasteiger partial charge on any atom is 0.243 e. The van der Waals surface area contributed by atoms with Gasteiger partial charge in [0.15, 0.2) is 0 Å². The van der Waals surface area contributed by atoms with Crippen molar-refractivity contribution in [3.63, 3.8) is 0 Å². The minimum absolute atomic E-state index is 0.0930. The van der Waals surface area contributed by atoms with Crippen LogP contribution >= 0.6 is 12.2 Å². The Morgan fingerprint density at radius 2 is 1.95 bits per heavy atom. The molecule has 1 atom stereocenters. The topological polar surface area (TPSA) is 63.4 Å². The van der Waals surface area contributed by atoms with Gasteiger partial charge in [0.25, 0.3) is 0 Å². The Morgan fingerprint density at radius 3 is 2.48 bits per heavy atom. The van der Waals surface area contributed by atoms with Gasteiger partial charge in [0.1, 0.15) is 5.82 Å². The van der Waals surface area contributed by atoms with Crippen LogP contribution in [0.3, 0.4) is 0 Å². The zero-order valence-corrected chi connectivity index (χ0v) is 13.7. The van der Waals surface area contributed by atoms with Crippen molar-refractivity contribution in [2.45, 2.75) is 31.6 Å². The van der Waals surface area contributed by atoms with Crippen LogP contribution in [-0.2, 0) is 10.0 Å². The molecular formula is C14H19FN2O2S2. The molecule has 7 heteroatoms. The van der Waals surface area contributed by atoms with Gasteiger partial charge in [-0.15, -0.1) is 0 Å². The summed E-state index contributed by atoms with van der Waals surface area (Å²) in [6, 6.07) is 2.49. The number of nitrogens with zero attached hydrogens (tertiary/aromatic N) is 1. The fraction of sp³-hybridized carbons (Fsp3) is 0.500. The summed E-state index contributed by atoms with van der Waals surface area (Å²) < 4.78 is 40.4. The van der Waals surface area contributed by atoms with E-state index >= 15 is 0 Å². The van der Waals surface area contributed by atoms with E-state index in [1.165, 1.54) is 16.4 Å². The molecule has 1 unspecified atom stereocenters. The standard InChI is InChI=1S/C14H19FN2O2S2/c1-9-6-12(15)7-10(2)13(9)21(18,19)17-5-3-4-11(8-17)14(16)20/h6-7,11H,3-5,8H2,1-2H3,(H2,16,20). The highest BCUT2D eigenvalue weighted by molar-refractivity contribution is 7.89. The Morgan fingerprint density at radius 1 is 1.38 bits per heavy atom. The van der Waals surface area contributed by atoms with E-state index in [1.54, 1.807) is 13.8 Å². The zero-order chi connectivity index (χ0) is 15.8. The van der Waals surface area contributed by atoms with E-state index in [4.69, 9.17) is 18.0 Å². The molecule has 116 valence electrons. The molecule has 0 radical (unpaired) electrons. The van der Waals surface area contributed by atoms with Gasteiger partial charge in [-0.2, -0.15) is 4.31 Å². The molecule has 1 aromatic carbocycles. The van der Waals surface area contributed by atoms with E-state index in [9.17, 15) is 12.8 Å². The molecule has 21 heavy (non-hydrogen) atoms. The van der Waals surface area contributed by atoms with Gasteiger partial charge < -0.3 is 5.73 Å². The Bertz CT molecular complexity index is 651. The number of hydrogen-bond acceptors (Lipinski definition) is 3. The maximum absolute atomic E-state index is 13.4. The first-order valence-corrected chi connectivity index (χ1v) is 8.64. The average Bonchev–Trinajstić information content (AvgIpc) is 2.37. The summed E-state index contributed by atoms with van der Waals surface area (Å²) in [5.74, 6) is -0.520. The molecule has 2 N–H and O–H groups in total. The third kappa shape index (κ3) is 3.25. The second-order valence-electron chi connectivity index (χ2n) is 5.47. The van der Waals surface area contributed by atoms with Crippen LogP contribution in [-0.4, -0.2) is 30.8 Å². The normalized spacial score (nSPS) is 20.4. The predicted molar refractivity (Wildman–Crippen MR) is 84.1 cm³/mol. The number of thiocarbonyl (C=S) groups is 1. The van der Waals surface area contributed by atoms with Crippen LogP contribution in [0, 0.1) is 25.6 Å². The van der Waals surface area contributed by atoms with Crippen LogP contribution in [0.15, 0.2) is 17.0 Å². The van der Waals surface area contributed by atoms with Gasteiger partial charge in [-0.25, -0.2) is 12.8 Å². The molecule has 0 saturated carbocycles. The minimum atomic E-state index is -3.66. The van der Waals surface area contributed by atoms with Crippen molar-refractivity contribution in [3.05, 3.63) is 29.1 Å². The summed E-state index contributed by atoms with van der Waals surface area (Å²) in [5.41, 5.74) is 6.49. The lowest BCUT2D eigenvalue weighted by molar-refractivity contribution is 0.312. The lowest BCUT2D eigenvalue weighted by Gasteiger charge is -2.32. The number of piperidine rings is 1. The molecule has 0 amide bonds. The van der Waals surface area contributed by atoms with E-state index in [0.29, 0.717) is 29.2 Å². The summed E-state index contributed by atoms with van der Waals surface area (Å²) in [6.45, 7) is 3.96. The van der Waals surface area contributed by atoms with Crippen molar-refractivity contribution < 1.29 is 12.8 Å². The van der Waals surface area contributed by atoms with Crippen LogP contribution in [0.4, 0.5) is 4.39 Å². The number of halogens is 1. The molecule has 1 fully saturated rings. The monoisotopic (exact) mass is 330 g/mol. The van der Waals surface area contributed by atoms with Crippen molar-refractivity contribution in [2.24, 2.45) is 11.7 Å². The number of sulfonamides is 1. The maximum atomic E-state index is 13.4. The predicted octanol–water partition coefficient (Wildman–Crippen LogP) is 2.13. The van der Waals surface area contributed by atoms with Crippen LogP contribution < -0.4 is 5.73 Å². The van der Waals surface area contributed by atoms with Crippen LogP contribution in [0.2, 0.25) is 0 Å². The Labute approximate surface area is 130 Å². The highest BCUT2D eigenvalue weighted by Crippen LogP contribution is 2.28. The number of benzene rings is 1. The lowest BCUT2D eigenvalue weighted by Crippen LogP contribution is -2.43. The van der Waals surface area contributed by atoms with Gasteiger partial charge in [0, 0.05) is 19.0 Å². The van der Waals surface area contributed by atoms with Crippen molar-refractivity contribution in [1.29, 1.82) is 0 Å². The number of nitrogens with two attached hydrogens (primary N) is 1. The summed E-state index contributed by atoms with van der Waals surface area (Å²) in [7, 11) is -3.66. The third-order valence-electron chi connectivity index (χ3n) is 3.81. The highest BCUT2D eigenvalue weighted by Gasteiger charge is 2.33. The van der Waals surface area contributed by atoms with Gasteiger partial charge in [0.2, 0.25) is 10.0 Å².